The first-order valence-electron chi connectivity index (χ1n) is 8.61. The number of hydrogen-bond acceptors (Lipinski definition) is 6. The van der Waals surface area contributed by atoms with E-state index in [0.717, 1.165) is 19.3 Å². The van der Waals surface area contributed by atoms with Gasteiger partial charge >= 0.3 is 0 Å². The summed E-state index contributed by atoms with van der Waals surface area (Å²) >= 11 is 6.32. The maximum absolute atomic E-state index is 12.7. The molecule has 2 aliphatic heterocycles. The Hall–Kier alpha value is -3.16. The number of nitriles is 2. The molecule has 134 valence electrons. The Morgan fingerprint density at radius 1 is 1.26 bits per heavy atom. The van der Waals surface area contributed by atoms with Gasteiger partial charge in [0.15, 0.2) is 12.0 Å². The second kappa shape index (κ2) is 6.86. The fourth-order valence-corrected chi connectivity index (χ4v) is 4.19. The molecule has 0 spiro atoms. The maximum Gasteiger partial charge on any atom is 0.253 e. The quantitative estimate of drug-likeness (QED) is 0.822. The second-order valence-corrected chi connectivity index (χ2v) is 7.13. The van der Waals surface area contributed by atoms with Crippen molar-refractivity contribution in [1.82, 2.24) is 20.2 Å². The van der Waals surface area contributed by atoms with Gasteiger partial charge in [-0.2, -0.15) is 10.5 Å². The average Bonchev–Trinajstić information content (AvgIpc) is 3.24. The molecule has 1 aromatic heterocycles. The van der Waals surface area contributed by atoms with Gasteiger partial charge in [0, 0.05) is 24.0 Å². The number of hydrogen-bond donors (Lipinski definition) is 1. The molecule has 3 atom stereocenters. The minimum atomic E-state index is -0.247. The van der Waals surface area contributed by atoms with Crippen LogP contribution in [0.4, 0.5) is 0 Å². The van der Waals surface area contributed by atoms with Crippen LogP contribution in [0.1, 0.15) is 35.2 Å². The van der Waals surface area contributed by atoms with Gasteiger partial charge in [0.05, 0.1) is 28.2 Å². The number of benzene rings is 1. The van der Waals surface area contributed by atoms with Crippen molar-refractivity contribution in [1.29, 1.82) is 10.5 Å². The fraction of sp³-hybridized carbons (Fsp3) is 0.316. The molecule has 2 bridgehead atoms. The zero-order valence-electron chi connectivity index (χ0n) is 14.3. The zero-order valence-corrected chi connectivity index (χ0v) is 15.0. The number of carbonyl (C=O) groups is 1. The van der Waals surface area contributed by atoms with Gasteiger partial charge in [0.1, 0.15) is 6.07 Å². The highest BCUT2D eigenvalue weighted by molar-refractivity contribution is 6.34. The summed E-state index contributed by atoms with van der Waals surface area (Å²) in [7, 11) is 0. The lowest BCUT2D eigenvalue weighted by atomic mass is 9.95. The lowest BCUT2D eigenvalue weighted by Crippen LogP contribution is -2.43. The molecule has 2 aliphatic rings. The van der Waals surface area contributed by atoms with E-state index in [9.17, 15) is 10.1 Å². The smallest absolute Gasteiger partial charge is 0.253 e. The van der Waals surface area contributed by atoms with Crippen LogP contribution in [0.3, 0.4) is 0 Å². The summed E-state index contributed by atoms with van der Waals surface area (Å²) < 4.78 is 0. The molecule has 0 unspecified atom stereocenters. The molecule has 8 heteroatoms. The van der Waals surface area contributed by atoms with E-state index >= 15 is 0 Å². The van der Waals surface area contributed by atoms with E-state index in [4.69, 9.17) is 16.9 Å². The molecule has 4 rings (SSSR count). The molecule has 27 heavy (non-hydrogen) atoms. The Morgan fingerprint density at radius 3 is 2.67 bits per heavy atom. The summed E-state index contributed by atoms with van der Waals surface area (Å²) in [6, 6.07) is 7.25. The van der Waals surface area contributed by atoms with Crippen LogP contribution in [0, 0.1) is 22.8 Å². The maximum atomic E-state index is 12.7. The van der Waals surface area contributed by atoms with Crippen LogP contribution < -0.4 is 5.32 Å². The first kappa shape index (κ1) is 17.3. The molecular formula is C19H15ClN6O. The molecule has 0 radical (unpaired) electrons. The lowest BCUT2D eigenvalue weighted by molar-refractivity contribution is 0.0928. The van der Waals surface area contributed by atoms with Crippen molar-refractivity contribution in [3.8, 4) is 23.7 Å². The molecule has 2 fully saturated rings. The van der Waals surface area contributed by atoms with Gasteiger partial charge in [-0.3, -0.25) is 4.79 Å². The van der Waals surface area contributed by atoms with Gasteiger partial charge in [0.25, 0.3) is 5.91 Å². The molecule has 1 aromatic carbocycles. The topological polar surface area (TPSA) is 106 Å². The van der Waals surface area contributed by atoms with E-state index in [2.05, 4.69) is 21.5 Å². The van der Waals surface area contributed by atoms with E-state index in [0.29, 0.717) is 27.5 Å². The number of nitrogens with zero attached hydrogens (tertiary/aromatic N) is 5. The summed E-state index contributed by atoms with van der Waals surface area (Å²) in [5, 5.41) is 21.4. The van der Waals surface area contributed by atoms with Crippen molar-refractivity contribution in [3.63, 3.8) is 0 Å². The number of amides is 1. The van der Waals surface area contributed by atoms with Crippen LogP contribution in [-0.2, 0) is 0 Å². The van der Waals surface area contributed by atoms with E-state index in [1.807, 2.05) is 6.07 Å². The molecule has 0 saturated carbocycles. The van der Waals surface area contributed by atoms with Crippen LogP contribution in [0.25, 0.3) is 11.4 Å². The van der Waals surface area contributed by atoms with Gasteiger partial charge in [-0.25, -0.2) is 9.97 Å². The van der Waals surface area contributed by atoms with E-state index in [-0.39, 0.29) is 24.0 Å². The van der Waals surface area contributed by atoms with Crippen molar-refractivity contribution >= 4 is 17.5 Å². The summed E-state index contributed by atoms with van der Waals surface area (Å²) in [6.07, 6.45) is 7.83. The van der Waals surface area contributed by atoms with Crippen molar-refractivity contribution < 1.29 is 4.79 Å². The molecule has 1 amide bonds. The number of halogens is 1. The molecule has 1 N–H and O–H groups in total. The predicted octanol–water partition coefficient (Wildman–Crippen LogP) is 2.48. The van der Waals surface area contributed by atoms with Crippen LogP contribution in [0.5, 0.6) is 0 Å². The number of nitrogens with one attached hydrogen (secondary N) is 1. The first-order valence-corrected chi connectivity index (χ1v) is 8.99. The lowest BCUT2D eigenvalue weighted by Gasteiger charge is -2.22. The predicted molar refractivity (Wildman–Crippen MR) is 97.3 cm³/mol. The Bertz CT molecular complexity index is 977. The van der Waals surface area contributed by atoms with Crippen molar-refractivity contribution in [2.45, 2.75) is 37.4 Å². The molecule has 0 aliphatic carbocycles. The van der Waals surface area contributed by atoms with Gasteiger partial charge in [0.2, 0.25) is 0 Å². The van der Waals surface area contributed by atoms with Crippen LogP contribution in [0.15, 0.2) is 30.6 Å². The van der Waals surface area contributed by atoms with Gasteiger partial charge in [-0.05, 0) is 31.4 Å². The standard InChI is InChI=1S/C19H15ClN6O/c20-15-5-12(18-23-8-11(7-21)9-24-18)1-3-14(15)19(27)25-16-6-13-2-4-17(16)26(13)10-22/h1,3,5,8-9,13,16-17H,2,4,6H2,(H,25,27)/t13-,16+,17+/m0/s1. The van der Waals surface area contributed by atoms with Gasteiger partial charge in [-0.15, -0.1) is 0 Å². The number of fused-ring (bicyclic) bond motifs is 2. The fourth-order valence-electron chi connectivity index (χ4n) is 3.92. The average molecular weight is 379 g/mol. The van der Waals surface area contributed by atoms with E-state index < -0.39 is 0 Å². The summed E-state index contributed by atoms with van der Waals surface area (Å²) in [4.78, 5) is 22.7. The van der Waals surface area contributed by atoms with Crippen molar-refractivity contribution in [3.05, 3.63) is 46.7 Å². The largest absolute Gasteiger partial charge is 0.347 e. The summed E-state index contributed by atoms with van der Waals surface area (Å²) in [6.45, 7) is 0. The number of aromatic nitrogens is 2. The normalized spacial score (nSPS) is 22.9. The molecule has 2 saturated heterocycles. The third-order valence-corrected chi connectivity index (χ3v) is 5.53. The number of rotatable bonds is 3. The second-order valence-electron chi connectivity index (χ2n) is 6.72. The Labute approximate surface area is 161 Å². The van der Waals surface area contributed by atoms with Crippen LogP contribution >= 0.6 is 11.6 Å². The van der Waals surface area contributed by atoms with Crippen LogP contribution in [0.2, 0.25) is 5.02 Å². The molecule has 2 aromatic rings. The third kappa shape index (κ3) is 3.07. The van der Waals surface area contributed by atoms with E-state index in [1.165, 1.54) is 12.4 Å². The number of carbonyl (C=O) groups excluding carboxylic acids is 1. The van der Waals surface area contributed by atoms with Crippen LogP contribution in [-0.4, -0.2) is 38.9 Å². The Balaban J connectivity index is 1.50. The first-order chi connectivity index (χ1) is 13.1. The Kier molecular flexibility index (Phi) is 4.39. The summed E-state index contributed by atoms with van der Waals surface area (Å²) in [5.41, 5.74) is 1.41. The minimum absolute atomic E-state index is 0.0338. The van der Waals surface area contributed by atoms with Gasteiger partial charge < -0.3 is 10.2 Å². The highest BCUT2D eigenvalue weighted by Gasteiger charge is 2.46. The van der Waals surface area contributed by atoms with Crippen molar-refractivity contribution in [2.75, 3.05) is 0 Å². The highest BCUT2D eigenvalue weighted by Crippen LogP contribution is 2.37. The monoisotopic (exact) mass is 378 g/mol. The highest BCUT2D eigenvalue weighted by atomic mass is 35.5. The summed E-state index contributed by atoms with van der Waals surface area (Å²) in [5.74, 6) is 0.184. The Morgan fingerprint density at radius 2 is 2.04 bits per heavy atom. The zero-order chi connectivity index (χ0) is 19.0. The van der Waals surface area contributed by atoms with Crippen molar-refractivity contribution in [2.24, 2.45) is 0 Å². The van der Waals surface area contributed by atoms with Gasteiger partial charge in [-0.1, -0.05) is 17.7 Å². The third-order valence-electron chi connectivity index (χ3n) is 5.22. The minimum Gasteiger partial charge on any atom is -0.347 e. The molecule has 3 heterocycles. The molecule has 7 nitrogen and oxygen atoms in total. The SMILES string of the molecule is N#Cc1cnc(-c2ccc(C(=O)N[C@@H]3C[C@@H]4CC[C@H]3N4C#N)c(Cl)c2)nc1. The van der Waals surface area contributed by atoms with E-state index in [1.54, 1.807) is 23.1 Å². The molecular weight excluding hydrogens is 364 g/mol.